The average Bonchev–Trinajstić information content (AvgIpc) is 3.04. The normalized spacial score (nSPS) is 15.8. The van der Waals surface area contributed by atoms with Crippen molar-refractivity contribution in [2.75, 3.05) is 10.6 Å². The molecule has 2 heterocycles. The summed E-state index contributed by atoms with van der Waals surface area (Å²) in [6, 6.07) is 52.4. The first-order valence-electron chi connectivity index (χ1n) is 14.8. The smallest absolute Gasteiger partial charge is 0.0491 e. The molecule has 2 aliphatic heterocycles. The lowest BCUT2D eigenvalue weighted by Gasteiger charge is -2.26. The monoisotopic (exact) mass is 542 g/mol. The minimum absolute atomic E-state index is 0.288. The number of anilines is 2. The van der Waals surface area contributed by atoms with Crippen molar-refractivity contribution >= 4 is 11.4 Å². The van der Waals surface area contributed by atoms with Crippen LogP contribution in [0, 0.1) is 0 Å². The highest BCUT2D eigenvalue weighted by Gasteiger charge is 2.21. The predicted octanol–water partition coefficient (Wildman–Crippen LogP) is 11.0. The van der Waals surface area contributed by atoms with Crippen LogP contribution in [0.4, 0.5) is 11.4 Å². The number of benzene rings is 6. The van der Waals surface area contributed by atoms with Gasteiger partial charge in [0.15, 0.2) is 0 Å². The van der Waals surface area contributed by atoms with E-state index in [4.69, 9.17) is 0 Å². The van der Waals surface area contributed by atoms with Crippen LogP contribution in [0.25, 0.3) is 44.5 Å². The Balaban J connectivity index is 0.000000137. The highest BCUT2D eigenvalue weighted by Crippen LogP contribution is 2.43. The van der Waals surface area contributed by atoms with Gasteiger partial charge >= 0.3 is 0 Å². The molecule has 42 heavy (non-hydrogen) atoms. The van der Waals surface area contributed by atoms with Crippen LogP contribution >= 0.6 is 0 Å². The molecular weight excluding hydrogens is 508 g/mol. The van der Waals surface area contributed by atoms with E-state index in [0.29, 0.717) is 0 Å². The Bertz CT molecular complexity index is 1750. The second-order valence-electron chi connectivity index (χ2n) is 11.1. The van der Waals surface area contributed by atoms with Gasteiger partial charge in [0.1, 0.15) is 0 Å². The molecule has 0 unspecified atom stereocenters. The summed E-state index contributed by atoms with van der Waals surface area (Å²) in [5.41, 5.74) is 15.5. The molecule has 0 spiro atoms. The largest absolute Gasteiger partial charge is 0.378 e. The van der Waals surface area contributed by atoms with Crippen LogP contribution in [0.5, 0.6) is 0 Å². The maximum absolute atomic E-state index is 3.66. The van der Waals surface area contributed by atoms with E-state index in [9.17, 15) is 0 Å². The molecule has 0 fully saturated rings. The van der Waals surface area contributed by atoms with E-state index in [1.165, 1.54) is 67.0 Å². The quantitative estimate of drug-likeness (QED) is 0.199. The van der Waals surface area contributed by atoms with Crippen molar-refractivity contribution in [2.24, 2.45) is 0 Å². The lowest BCUT2D eigenvalue weighted by Crippen LogP contribution is -2.11. The van der Waals surface area contributed by atoms with Crippen molar-refractivity contribution in [3.63, 3.8) is 0 Å². The third kappa shape index (κ3) is 4.65. The van der Waals surface area contributed by atoms with E-state index in [-0.39, 0.29) is 12.1 Å². The SMILES string of the molecule is C[C@H]1Nc2ccccc2-c2ccccc2-c2ccccc21.C[C@H]1Nc2ccccc2-c2ccccc2-c2ccccc21. The molecule has 2 nitrogen and oxygen atoms in total. The van der Waals surface area contributed by atoms with Crippen molar-refractivity contribution in [1.29, 1.82) is 0 Å². The first kappa shape index (κ1) is 25.9. The molecule has 0 amide bonds. The summed E-state index contributed by atoms with van der Waals surface area (Å²) in [6.07, 6.45) is 0. The van der Waals surface area contributed by atoms with E-state index < -0.39 is 0 Å². The minimum atomic E-state index is 0.288. The topological polar surface area (TPSA) is 24.1 Å². The number of fused-ring (bicyclic) bond motifs is 10. The molecule has 8 rings (SSSR count). The van der Waals surface area contributed by atoms with Gasteiger partial charge in [-0.05, 0) is 70.5 Å². The Morgan fingerprint density at radius 3 is 0.952 bits per heavy atom. The number of nitrogens with one attached hydrogen (secondary N) is 2. The fourth-order valence-corrected chi connectivity index (χ4v) is 6.46. The lowest BCUT2D eigenvalue weighted by molar-refractivity contribution is 0.886. The summed E-state index contributed by atoms with van der Waals surface area (Å²) < 4.78 is 0. The summed E-state index contributed by atoms with van der Waals surface area (Å²) >= 11 is 0. The van der Waals surface area contributed by atoms with Gasteiger partial charge in [0.05, 0.1) is 0 Å². The maximum atomic E-state index is 3.66. The van der Waals surface area contributed by atoms with Crippen LogP contribution in [0.1, 0.15) is 37.1 Å². The molecule has 0 saturated heterocycles. The third-order valence-electron chi connectivity index (χ3n) is 8.47. The van der Waals surface area contributed by atoms with Gasteiger partial charge in [-0.1, -0.05) is 133 Å². The summed E-state index contributed by atoms with van der Waals surface area (Å²) in [5, 5.41) is 7.32. The number of hydrogen-bond acceptors (Lipinski definition) is 2. The standard InChI is InChI=1S/2C20H17N/c2*1-14-15-8-2-3-9-16(15)17-10-4-5-11-18(17)19-12-6-7-13-20(19)21-14/h2*2-14,21H,1H3/t2*14-/m11/s1. The van der Waals surface area contributed by atoms with Gasteiger partial charge in [0.25, 0.3) is 0 Å². The number of para-hydroxylation sites is 2. The number of rotatable bonds is 0. The van der Waals surface area contributed by atoms with E-state index >= 15 is 0 Å². The fraction of sp³-hybridized carbons (Fsp3) is 0.100. The van der Waals surface area contributed by atoms with E-state index in [1.54, 1.807) is 0 Å². The molecule has 0 aromatic heterocycles. The Morgan fingerprint density at radius 1 is 0.310 bits per heavy atom. The van der Waals surface area contributed by atoms with Gasteiger partial charge < -0.3 is 10.6 Å². The van der Waals surface area contributed by atoms with Crippen LogP contribution in [-0.2, 0) is 0 Å². The molecule has 6 aromatic carbocycles. The Labute approximate surface area is 248 Å². The predicted molar refractivity (Wildman–Crippen MR) is 179 cm³/mol. The van der Waals surface area contributed by atoms with Crippen LogP contribution in [-0.4, -0.2) is 0 Å². The molecule has 2 N–H and O–H groups in total. The van der Waals surface area contributed by atoms with Gasteiger partial charge in [-0.25, -0.2) is 0 Å². The molecule has 0 saturated carbocycles. The third-order valence-corrected chi connectivity index (χ3v) is 8.47. The second kappa shape index (κ2) is 11.1. The van der Waals surface area contributed by atoms with Crippen molar-refractivity contribution in [2.45, 2.75) is 25.9 Å². The van der Waals surface area contributed by atoms with E-state index in [1.807, 2.05) is 0 Å². The van der Waals surface area contributed by atoms with Crippen molar-refractivity contribution in [1.82, 2.24) is 0 Å². The zero-order chi connectivity index (χ0) is 28.5. The fourth-order valence-electron chi connectivity index (χ4n) is 6.46. The molecule has 2 aliphatic rings. The van der Waals surface area contributed by atoms with Crippen molar-refractivity contribution < 1.29 is 0 Å². The zero-order valence-corrected chi connectivity index (χ0v) is 24.0. The van der Waals surface area contributed by atoms with Crippen LogP contribution in [0.2, 0.25) is 0 Å². The molecule has 6 aromatic rings. The van der Waals surface area contributed by atoms with Crippen LogP contribution < -0.4 is 10.6 Å². The molecule has 0 radical (unpaired) electrons. The minimum Gasteiger partial charge on any atom is -0.378 e. The summed E-state index contributed by atoms with van der Waals surface area (Å²) in [7, 11) is 0. The summed E-state index contributed by atoms with van der Waals surface area (Å²) in [6.45, 7) is 4.45. The first-order chi connectivity index (χ1) is 20.7. The molecular formula is C40H34N2. The zero-order valence-electron chi connectivity index (χ0n) is 24.0. The Kier molecular flexibility index (Phi) is 6.81. The first-order valence-corrected chi connectivity index (χ1v) is 14.8. The van der Waals surface area contributed by atoms with Gasteiger partial charge in [-0.15, -0.1) is 0 Å². The highest BCUT2D eigenvalue weighted by molar-refractivity contribution is 5.93. The van der Waals surface area contributed by atoms with E-state index in [2.05, 4.69) is 170 Å². The molecule has 0 aliphatic carbocycles. The van der Waals surface area contributed by atoms with Gasteiger partial charge in [-0.3, -0.25) is 0 Å². The van der Waals surface area contributed by atoms with Gasteiger partial charge in [-0.2, -0.15) is 0 Å². The molecule has 2 atom stereocenters. The maximum Gasteiger partial charge on any atom is 0.0491 e. The summed E-state index contributed by atoms with van der Waals surface area (Å²) in [4.78, 5) is 0. The lowest BCUT2D eigenvalue weighted by atomic mass is 9.87. The molecule has 2 heteroatoms. The molecule has 0 bridgehead atoms. The van der Waals surface area contributed by atoms with E-state index in [0.717, 1.165) is 0 Å². The van der Waals surface area contributed by atoms with Crippen LogP contribution in [0.15, 0.2) is 146 Å². The molecule has 204 valence electrons. The Hall–Kier alpha value is -5.08. The highest BCUT2D eigenvalue weighted by atomic mass is 14.9. The van der Waals surface area contributed by atoms with Gasteiger partial charge in [0, 0.05) is 34.6 Å². The number of hydrogen-bond donors (Lipinski definition) is 2. The average molecular weight is 543 g/mol. The van der Waals surface area contributed by atoms with Gasteiger partial charge in [0.2, 0.25) is 0 Å². The Morgan fingerprint density at radius 2 is 0.571 bits per heavy atom. The van der Waals surface area contributed by atoms with Crippen molar-refractivity contribution in [3.8, 4) is 44.5 Å². The second-order valence-corrected chi connectivity index (χ2v) is 11.1. The van der Waals surface area contributed by atoms with Crippen molar-refractivity contribution in [3.05, 3.63) is 157 Å². The summed E-state index contributed by atoms with van der Waals surface area (Å²) in [5.74, 6) is 0. The van der Waals surface area contributed by atoms with Crippen LogP contribution in [0.3, 0.4) is 0 Å².